The molecule has 5 heteroatoms. The maximum Gasteiger partial charge on any atom is 0.353 e. The molecule has 0 aliphatic heterocycles. The second-order valence-corrected chi connectivity index (χ2v) is 7.47. The highest BCUT2D eigenvalue weighted by Crippen LogP contribution is 2.10. The van der Waals surface area contributed by atoms with Crippen LogP contribution < -0.4 is 16.1 Å². The average Bonchev–Trinajstić information content (AvgIpc) is 2.59. The third-order valence-electron chi connectivity index (χ3n) is 3.63. The number of rotatable bonds is 5. The van der Waals surface area contributed by atoms with Gasteiger partial charge in [0.15, 0.2) is 9.76 Å². The number of hydrogen-bond acceptors (Lipinski definition) is 1. The Balaban J connectivity index is 1.94. The van der Waals surface area contributed by atoms with Gasteiger partial charge in [-0.3, -0.25) is 0 Å². The summed E-state index contributed by atoms with van der Waals surface area (Å²) in [6.45, 7) is -0.246. The lowest BCUT2D eigenvalue weighted by Crippen LogP contribution is -2.48. The topological polar surface area (TPSA) is 9.23 Å². The van der Waals surface area contributed by atoms with E-state index in [1.54, 1.807) is 0 Å². The normalized spacial score (nSPS) is 11.0. The lowest BCUT2D eigenvalue weighted by molar-refractivity contribution is 0.648. The highest BCUT2D eigenvalue weighted by Gasteiger charge is 2.25. The first kappa shape index (κ1) is 16.3. The van der Waals surface area contributed by atoms with Gasteiger partial charge in [0.1, 0.15) is 0 Å². The van der Waals surface area contributed by atoms with Crippen molar-refractivity contribution in [3.63, 3.8) is 0 Å². The van der Waals surface area contributed by atoms with Crippen LogP contribution >= 0.6 is 23.2 Å². The monoisotopic (exact) mass is 356 g/mol. The Kier molecular flexibility index (Phi) is 5.57. The van der Waals surface area contributed by atoms with Crippen molar-refractivity contribution in [2.24, 2.45) is 0 Å². The minimum Gasteiger partial charge on any atom is -0.470 e. The summed E-state index contributed by atoms with van der Waals surface area (Å²) in [5.74, 6) is 0. The summed E-state index contributed by atoms with van der Waals surface area (Å²) in [6, 6.07) is 25.8. The van der Waals surface area contributed by atoms with Crippen molar-refractivity contribution in [1.82, 2.24) is 0 Å². The Morgan fingerprint density at radius 2 is 1.13 bits per heavy atom. The molecule has 0 unspecified atom stereocenters. The van der Waals surface area contributed by atoms with Crippen LogP contribution in [0.5, 0.6) is 0 Å². The van der Waals surface area contributed by atoms with Gasteiger partial charge in [0, 0.05) is 10.0 Å². The number of hydrogen-bond donors (Lipinski definition) is 0. The second kappa shape index (κ2) is 7.84. The molecule has 0 spiro atoms. The second-order valence-electron chi connectivity index (χ2n) is 5.22. The molecule has 0 aliphatic rings. The van der Waals surface area contributed by atoms with Crippen LogP contribution in [0.2, 0.25) is 10.0 Å². The Morgan fingerprint density at radius 1 is 0.652 bits per heavy atom. The highest BCUT2D eigenvalue weighted by atomic mass is 35.5. The third kappa shape index (κ3) is 4.07. The van der Waals surface area contributed by atoms with Crippen molar-refractivity contribution >= 4 is 56.0 Å². The van der Waals surface area contributed by atoms with E-state index < -0.39 is 9.76 Å². The van der Waals surface area contributed by atoms with Gasteiger partial charge in [-0.1, -0.05) is 89.9 Å². The predicted molar refractivity (Wildman–Crippen MR) is 104 cm³/mol. The molecule has 3 aromatic rings. The third-order valence-corrected chi connectivity index (χ3v) is 5.63. The zero-order valence-electron chi connectivity index (χ0n) is 12.5. The van der Waals surface area contributed by atoms with E-state index in [1.807, 2.05) is 66.7 Å². The average molecular weight is 357 g/mol. The fourth-order valence-electron chi connectivity index (χ4n) is 2.48. The summed E-state index contributed by atoms with van der Waals surface area (Å²) in [5, 5.41) is 2.63. The van der Waals surface area contributed by atoms with Crippen molar-refractivity contribution in [3.8, 4) is 0 Å². The van der Waals surface area contributed by atoms with Gasteiger partial charge in [-0.05, 0) is 28.2 Å². The van der Waals surface area contributed by atoms with Gasteiger partial charge in [-0.15, -0.1) is 0 Å². The summed E-state index contributed by atoms with van der Waals surface area (Å²) >= 11 is 12.8. The van der Waals surface area contributed by atoms with E-state index >= 15 is 0 Å². The zero-order chi connectivity index (χ0) is 16.1. The van der Waals surface area contributed by atoms with Crippen LogP contribution in [-0.4, -0.2) is 16.7 Å². The first-order chi connectivity index (χ1) is 11.3. The van der Waals surface area contributed by atoms with Gasteiger partial charge >= 0.3 is 6.92 Å². The standard InChI is InChI=1S/C18H15BCl2OSi/c20-17-12-6-4-10-15(17)19(16-11-5-7-13-18(16)21)22-23-14-8-2-1-3-9-14/h1-13H,23H2. The fraction of sp³-hybridized carbons (Fsp3) is 0. The summed E-state index contributed by atoms with van der Waals surface area (Å²) in [6.07, 6.45) is 0. The zero-order valence-corrected chi connectivity index (χ0v) is 15.4. The van der Waals surface area contributed by atoms with Crippen LogP contribution in [0.1, 0.15) is 0 Å². The number of halogens is 2. The van der Waals surface area contributed by atoms with Gasteiger partial charge in [0.25, 0.3) is 0 Å². The van der Waals surface area contributed by atoms with E-state index in [4.69, 9.17) is 27.5 Å². The molecule has 3 aromatic carbocycles. The largest absolute Gasteiger partial charge is 0.470 e. The molecule has 0 fully saturated rings. The Bertz CT molecular complexity index is 737. The first-order valence-corrected chi connectivity index (χ1v) is 9.44. The molecule has 0 amide bonds. The van der Waals surface area contributed by atoms with E-state index in [9.17, 15) is 0 Å². The van der Waals surface area contributed by atoms with Gasteiger partial charge < -0.3 is 4.34 Å². The quantitative estimate of drug-likeness (QED) is 0.638. The minimum absolute atomic E-state index is 0.246. The van der Waals surface area contributed by atoms with Crippen LogP contribution in [0.15, 0.2) is 78.9 Å². The maximum absolute atomic E-state index is 6.40. The van der Waals surface area contributed by atoms with Crippen molar-refractivity contribution in [1.29, 1.82) is 0 Å². The van der Waals surface area contributed by atoms with Gasteiger partial charge in [0.2, 0.25) is 0 Å². The Morgan fingerprint density at radius 3 is 1.65 bits per heavy atom. The van der Waals surface area contributed by atoms with E-state index in [2.05, 4.69) is 12.1 Å². The number of benzene rings is 3. The lowest BCUT2D eigenvalue weighted by atomic mass is 9.56. The molecule has 0 saturated carbocycles. The van der Waals surface area contributed by atoms with Crippen LogP contribution in [0, 0.1) is 0 Å². The molecule has 3 rings (SSSR count). The van der Waals surface area contributed by atoms with Crippen LogP contribution in [-0.2, 0) is 4.34 Å². The molecule has 0 saturated heterocycles. The molecule has 0 aliphatic carbocycles. The Labute approximate surface area is 149 Å². The summed E-state index contributed by atoms with van der Waals surface area (Å²) < 4.78 is 6.33. The summed E-state index contributed by atoms with van der Waals surface area (Å²) in [7, 11) is -0.896. The molecule has 23 heavy (non-hydrogen) atoms. The van der Waals surface area contributed by atoms with E-state index in [0.717, 1.165) is 10.9 Å². The maximum atomic E-state index is 6.40. The molecule has 0 aromatic heterocycles. The van der Waals surface area contributed by atoms with Crippen LogP contribution in [0.3, 0.4) is 0 Å². The van der Waals surface area contributed by atoms with Crippen molar-refractivity contribution < 1.29 is 4.34 Å². The smallest absolute Gasteiger partial charge is 0.353 e. The predicted octanol–water partition coefficient (Wildman–Crippen LogP) is 2.53. The van der Waals surface area contributed by atoms with E-state index in [-0.39, 0.29) is 6.92 Å². The molecule has 114 valence electrons. The molecule has 0 atom stereocenters. The van der Waals surface area contributed by atoms with Crippen molar-refractivity contribution in [2.45, 2.75) is 0 Å². The molecular weight excluding hydrogens is 342 g/mol. The first-order valence-electron chi connectivity index (χ1n) is 7.40. The van der Waals surface area contributed by atoms with Gasteiger partial charge in [-0.2, -0.15) is 0 Å². The van der Waals surface area contributed by atoms with Crippen LogP contribution in [0.25, 0.3) is 0 Å². The molecule has 1 nitrogen and oxygen atoms in total. The van der Waals surface area contributed by atoms with Crippen LogP contribution in [0.4, 0.5) is 0 Å². The van der Waals surface area contributed by atoms with Gasteiger partial charge in [0.05, 0.1) is 0 Å². The Hall–Kier alpha value is -1.52. The minimum atomic E-state index is -0.896. The molecule has 0 heterocycles. The summed E-state index contributed by atoms with van der Waals surface area (Å²) in [5.41, 5.74) is 1.90. The van der Waals surface area contributed by atoms with Gasteiger partial charge in [-0.25, -0.2) is 0 Å². The van der Waals surface area contributed by atoms with E-state index in [1.165, 1.54) is 5.19 Å². The molecular formula is C18H15BCl2OSi. The van der Waals surface area contributed by atoms with E-state index in [0.29, 0.717) is 10.0 Å². The molecule has 0 radical (unpaired) electrons. The summed E-state index contributed by atoms with van der Waals surface area (Å²) in [4.78, 5) is 0. The lowest BCUT2D eigenvalue weighted by Gasteiger charge is -2.18. The molecule has 0 bridgehead atoms. The SMILES string of the molecule is Clc1ccccc1B(O[SiH2]c1ccccc1)c1ccccc1Cl. The molecule has 0 N–H and O–H groups in total. The fourth-order valence-corrected chi connectivity index (χ4v) is 4.13. The van der Waals surface area contributed by atoms with Crippen molar-refractivity contribution in [3.05, 3.63) is 88.9 Å². The highest BCUT2D eigenvalue weighted by molar-refractivity contribution is 6.86. The van der Waals surface area contributed by atoms with Crippen molar-refractivity contribution in [2.75, 3.05) is 0 Å².